The van der Waals surface area contributed by atoms with Gasteiger partial charge in [0.25, 0.3) is 0 Å². The van der Waals surface area contributed by atoms with Crippen LogP contribution in [0, 0.1) is 0 Å². The zero-order valence-electron chi connectivity index (χ0n) is 10.9. The molecular formula is C16H11ClN2O2. The maximum atomic E-state index is 11.0. The summed E-state index contributed by atoms with van der Waals surface area (Å²) in [5, 5.41) is 14.0. The average molecular weight is 299 g/mol. The van der Waals surface area contributed by atoms with Crippen LogP contribution >= 0.6 is 11.6 Å². The maximum absolute atomic E-state index is 11.0. The summed E-state index contributed by atoms with van der Waals surface area (Å²) in [4.78, 5) is 11.0. The number of aromatic nitrogens is 2. The Morgan fingerprint density at radius 3 is 2.67 bits per heavy atom. The Balaban J connectivity index is 1.98. The number of benzene rings is 2. The lowest BCUT2D eigenvalue weighted by molar-refractivity contribution is 0.0697. The van der Waals surface area contributed by atoms with E-state index in [-0.39, 0.29) is 5.56 Å². The second kappa shape index (κ2) is 5.42. The van der Waals surface area contributed by atoms with Crippen molar-refractivity contribution in [2.45, 2.75) is 0 Å². The molecule has 0 aliphatic rings. The third-order valence-corrected chi connectivity index (χ3v) is 3.33. The van der Waals surface area contributed by atoms with E-state index in [4.69, 9.17) is 16.7 Å². The van der Waals surface area contributed by atoms with Gasteiger partial charge in [0, 0.05) is 16.8 Å². The molecule has 0 aliphatic carbocycles. The smallest absolute Gasteiger partial charge is 0.335 e. The van der Waals surface area contributed by atoms with Crippen LogP contribution in [-0.2, 0) is 0 Å². The summed E-state index contributed by atoms with van der Waals surface area (Å²) >= 11 is 5.98. The Kier molecular flexibility index (Phi) is 3.46. The molecule has 5 heteroatoms. The van der Waals surface area contributed by atoms with Crippen molar-refractivity contribution in [3.8, 4) is 16.8 Å². The van der Waals surface area contributed by atoms with Crippen molar-refractivity contribution in [1.82, 2.24) is 9.78 Å². The number of halogens is 1. The molecule has 0 aliphatic heterocycles. The van der Waals surface area contributed by atoms with Crippen LogP contribution in [0.25, 0.3) is 16.8 Å². The molecule has 0 saturated heterocycles. The lowest BCUT2D eigenvalue weighted by Crippen LogP contribution is -1.99. The quantitative estimate of drug-likeness (QED) is 0.798. The molecule has 4 nitrogen and oxygen atoms in total. The molecule has 0 saturated carbocycles. The van der Waals surface area contributed by atoms with Crippen LogP contribution in [0.1, 0.15) is 10.4 Å². The lowest BCUT2D eigenvalue weighted by atomic mass is 10.1. The summed E-state index contributed by atoms with van der Waals surface area (Å²) in [5.74, 6) is -0.959. The topological polar surface area (TPSA) is 55.1 Å². The highest BCUT2D eigenvalue weighted by Gasteiger charge is 2.07. The number of carboxylic acids is 1. The van der Waals surface area contributed by atoms with E-state index in [1.807, 2.05) is 30.5 Å². The summed E-state index contributed by atoms with van der Waals surface area (Å²) in [6, 6.07) is 14.1. The predicted octanol–water partition coefficient (Wildman–Crippen LogP) is 3.89. The van der Waals surface area contributed by atoms with Crippen LogP contribution in [0.5, 0.6) is 0 Å². The van der Waals surface area contributed by atoms with Crippen molar-refractivity contribution in [1.29, 1.82) is 0 Å². The molecule has 104 valence electrons. The van der Waals surface area contributed by atoms with Gasteiger partial charge in [0.05, 0.1) is 17.4 Å². The van der Waals surface area contributed by atoms with E-state index >= 15 is 0 Å². The van der Waals surface area contributed by atoms with E-state index in [0.717, 1.165) is 11.1 Å². The van der Waals surface area contributed by atoms with E-state index in [2.05, 4.69) is 5.10 Å². The summed E-state index contributed by atoms with van der Waals surface area (Å²) in [7, 11) is 0. The van der Waals surface area contributed by atoms with Gasteiger partial charge in [0.2, 0.25) is 0 Å². The maximum Gasteiger partial charge on any atom is 0.335 e. The number of hydrogen-bond donors (Lipinski definition) is 1. The van der Waals surface area contributed by atoms with Gasteiger partial charge < -0.3 is 5.11 Å². The molecule has 0 atom stereocenters. The van der Waals surface area contributed by atoms with E-state index in [1.54, 1.807) is 35.1 Å². The molecule has 3 aromatic rings. The van der Waals surface area contributed by atoms with Crippen LogP contribution < -0.4 is 0 Å². The highest BCUT2D eigenvalue weighted by atomic mass is 35.5. The normalized spacial score (nSPS) is 10.5. The van der Waals surface area contributed by atoms with Crippen molar-refractivity contribution >= 4 is 17.6 Å². The first kappa shape index (κ1) is 13.4. The highest BCUT2D eigenvalue weighted by molar-refractivity contribution is 6.30. The van der Waals surface area contributed by atoms with Crippen molar-refractivity contribution in [2.24, 2.45) is 0 Å². The van der Waals surface area contributed by atoms with Gasteiger partial charge in [-0.25, -0.2) is 9.48 Å². The molecule has 0 spiro atoms. The zero-order chi connectivity index (χ0) is 14.8. The minimum absolute atomic E-state index is 0.229. The monoisotopic (exact) mass is 298 g/mol. The minimum Gasteiger partial charge on any atom is -0.478 e. The highest BCUT2D eigenvalue weighted by Crippen LogP contribution is 2.23. The first-order valence-corrected chi connectivity index (χ1v) is 6.65. The molecule has 0 unspecified atom stereocenters. The number of carbonyl (C=O) groups is 1. The molecule has 3 rings (SSSR count). The molecule has 1 heterocycles. The van der Waals surface area contributed by atoms with E-state index in [0.29, 0.717) is 10.7 Å². The van der Waals surface area contributed by atoms with Crippen molar-refractivity contribution in [3.63, 3.8) is 0 Å². The Hall–Kier alpha value is -2.59. The standard InChI is InChI=1S/C16H11ClN2O2/c17-14-5-1-3-11(7-14)13-9-18-19(10-13)15-6-2-4-12(8-15)16(20)21/h1-10H,(H,20,21). The largest absolute Gasteiger partial charge is 0.478 e. The van der Waals surface area contributed by atoms with E-state index in [1.165, 1.54) is 0 Å². The van der Waals surface area contributed by atoms with E-state index in [9.17, 15) is 4.79 Å². The third-order valence-electron chi connectivity index (χ3n) is 3.10. The zero-order valence-corrected chi connectivity index (χ0v) is 11.7. The second-order valence-corrected chi connectivity index (χ2v) is 4.98. The fraction of sp³-hybridized carbons (Fsp3) is 0. The summed E-state index contributed by atoms with van der Waals surface area (Å²) in [6.45, 7) is 0. The van der Waals surface area contributed by atoms with Gasteiger partial charge in [-0.1, -0.05) is 29.8 Å². The van der Waals surface area contributed by atoms with E-state index < -0.39 is 5.97 Å². The van der Waals surface area contributed by atoms with Gasteiger partial charge >= 0.3 is 5.97 Å². The Morgan fingerprint density at radius 2 is 1.90 bits per heavy atom. The fourth-order valence-corrected chi connectivity index (χ4v) is 2.25. The first-order chi connectivity index (χ1) is 10.1. The molecule has 2 aromatic carbocycles. The number of carboxylic acid groups (broad SMARTS) is 1. The minimum atomic E-state index is -0.959. The number of rotatable bonds is 3. The number of nitrogens with zero attached hydrogens (tertiary/aromatic N) is 2. The summed E-state index contributed by atoms with van der Waals surface area (Å²) in [6.07, 6.45) is 3.56. The first-order valence-electron chi connectivity index (χ1n) is 6.28. The van der Waals surface area contributed by atoms with Crippen LogP contribution in [0.2, 0.25) is 5.02 Å². The number of hydrogen-bond acceptors (Lipinski definition) is 2. The molecule has 0 bridgehead atoms. The summed E-state index contributed by atoms with van der Waals surface area (Å²) < 4.78 is 1.64. The second-order valence-electron chi connectivity index (χ2n) is 4.54. The Labute approximate surface area is 126 Å². The molecule has 0 amide bonds. The molecule has 1 N–H and O–H groups in total. The Morgan fingerprint density at radius 1 is 1.10 bits per heavy atom. The number of aromatic carboxylic acids is 1. The van der Waals surface area contributed by atoms with Gasteiger partial charge in [-0.05, 0) is 35.9 Å². The molecule has 21 heavy (non-hydrogen) atoms. The Bertz CT molecular complexity index is 811. The molecule has 0 fully saturated rings. The van der Waals surface area contributed by atoms with Gasteiger partial charge in [0.1, 0.15) is 0 Å². The van der Waals surface area contributed by atoms with Crippen LogP contribution in [-0.4, -0.2) is 20.9 Å². The predicted molar refractivity (Wildman–Crippen MR) is 81.0 cm³/mol. The van der Waals surface area contributed by atoms with Gasteiger partial charge in [-0.15, -0.1) is 0 Å². The van der Waals surface area contributed by atoms with Gasteiger partial charge in [0.15, 0.2) is 0 Å². The molecule has 0 radical (unpaired) electrons. The average Bonchev–Trinajstić information content (AvgIpc) is 2.97. The van der Waals surface area contributed by atoms with Gasteiger partial charge in [-0.2, -0.15) is 5.10 Å². The van der Waals surface area contributed by atoms with Crippen molar-refractivity contribution in [3.05, 3.63) is 71.5 Å². The third kappa shape index (κ3) is 2.80. The van der Waals surface area contributed by atoms with Gasteiger partial charge in [-0.3, -0.25) is 0 Å². The molecular weight excluding hydrogens is 288 g/mol. The summed E-state index contributed by atoms with van der Waals surface area (Å²) in [5.41, 5.74) is 2.80. The molecule has 1 aromatic heterocycles. The fourth-order valence-electron chi connectivity index (χ4n) is 2.06. The van der Waals surface area contributed by atoms with Crippen molar-refractivity contribution in [2.75, 3.05) is 0 Å². The lowest BCUT2D eigenvalue weighted by Gasteiger charge is -2.02. The van der Waals surface area contributed by atoms with Crippen LogP contribution in [0.3, 0.4) is 0 Å². The van der Waals surface area contributed by atoms with Crippen LogP contribution in [0.15, 0.2) is 60.9 Å². The SMILES string of the molecule is O=C(O)c1cccc(-n2cc(-c3cccc(Cl)c3)cn2)c1. The van der Waals surface area contributed by atoms with Crippen LogP contribution in [0.4, 0.5) is 0 Å². The van der Waals surface area contributed by atoms with Crippen molar-refractivity contribution < 1.29 is 9.90 Å².